The van der Waals surface area contributed by atoms with Gasteiger partial charge in [0.2, 0.25) is 0 Å². The number of rotatable bonds is 2. The first kappa shape index (κ1) is 9.79. The number of carbonyl (C=O) groups is 1. The van der Waals surface area contributed by atoms with E-state index in [-0.39, 0.29) is 0 Å². The second-order valence-corrected chi connectivity index (χ2v) is 3.32. The van der Waals surface area contributed by atoms with E-state index < -0.39 is 11.1 Å². The maximum absolute atomic E-state index is 10.9. The fraction of sp³-hybridized carbons (Fsp3) is 0.111. The summed E-state index contributed by atoms with van der Waals surface area (Å²) in [5, 5.41) is 1.81. The number of benzene rings is 1. The van der Waals surface area contributed by atoms with Crippen LogP contribution >= 0.6 is 11.6 Å². The Morgan fingerprint density at radius 1 is 1.53 bits per heavy atom. The monoisotopic (exact) mass is 226 g/mol. The SMILES string of the molecule is O=C(Cl)NCc1ccc2[nH]c(=O)oc2c1. The van der Waals surface area contributed by atoms with Crippen LogP contribution in [0.5, 0.6) is 0 Å². The van der Waals surface area contributed by atoms with Gasteiger partial charge in [0.05, 0.1) is 5.52 Å². The minimum absolute atomic E-state index is 0.299. The van der Waals surface area contributed by atoms with Crippen molar-refractivity contribution < 1.29 is 9.21 Å². The van der Waals surface area contributed by atoms with E-state index in [2.05, 4.69) is 10.3 Å². The van der Waals surface area contributed by atoms with Gasteiger partial charge in [0.15, 0.2) is 5.58 Å². The zero-order valence-electron chi connectivity index (χ0n) is 7.54. The Kier molecular flexibility index (Phi) is 2.47. The minimum atomic E-state index is -0.620. The molecule has 2 N–H and O–H groups in total. The number of fused-ring (bicyclic) bond motifs is 1. The number of aromatic nitrogens is 1. The largest absolute Gasteiger partial charge is 0.417 e. The number of halogens is 1. The van der Waals surface area contributed by atoms with Gasteiger partial charge in [-0.25, -0.2) is 4.79 Å². The van der Waals surface area contributed by atoms with Crippen molar-refractivity contribution >= 4 is 28.1 Å². The molecule has 0 spiro atoms. The van der Waals surface area contributed by atoms with Gasteiger partial charge in [-0.05, 0) is 29.3 Å². The van der Waals surface area contributed by atoms with Crippen LogP contribution in [0.1, 0.15) is 5.56 Å². The summed E-state index contributed by atoms with van der Waals surface area (Å²) in [6.45, 7) is 0.299. The molecule has 0 aliphatic rings. The molecule has 1 aromatic heterocycles. The molecule has 0 unspecified atom stereocenters. The highest BCUT2D eigenvalue weighted by Crippen LogP contribution is 2.12. The Balaban J connectivity index is 2.30. The molecule has 5 nitrogen and oxygen atoms in total. The molecular formula is C9H7ClN2O3. The summed E-state index contributed by atoms with van der Waals surface area (Å²) in [5.41, 5.74) is 1.89. The number of nitrogens with one attached hydrogen (secondary N) is 2. The highest BCUT2D eigenvalue weighted by molar-refractivity contribution is 6.62. The van der Waals surface area contributed by atoms with E-state index in [0.29, 0.717) is 17.6 Å². The normalized spacial score (nSPS) is 10.5. The fourth-order valence-electron chi connectivity index (χ4n) is 1.27. The summed E-state index contributed by atoms with van der Waals surface area (Å²) in [7, 11) is 0. The first-order valence-electron chi connectivity index (χ1n) is 4.20. The molecule has 0 fully saturated rings. The lowest BCUT2D eigenvalue weighted by Gasteiger charge is -1.99. The van der Waals surface area contributed by atoms with Crippen LogP contribution in [0.3, 0.4) is 0 Å². The molecule has 0 bridgehead atoms. The lowest BCUT2D eigenvalue weighted by molar-refractivity contribution is 0.259. The van der Waals surface area contributed by atoms with Crippen molar-refractivity contribution in [2.75, 3.05) is 0 Å². The van der Waals surface area contributed by atoms with Gasteiger partial charge in [-0.15, -0.1) is 0 Å². The van der Waals surface area contributed by atoms with E-state index in [1.807, 2.05) is 0 Å². The Bertz CT molecular complexity index is 558. The van der Waals surface area contributed by atoms with Crippen LogP contribution in [0.15, 0.2) is 27.4 Å². The van der Waals surface area contributed by atoms with E-state index in [0.717, 1.165) is 5.56 Å². The summed E-state index contributed by atoms with van der Waals surface area (Å²) in [5.74, 6) is -0.497. The van der Waals surface area contributed by atoms with Crippen molar-refractivity contribution in [1.82, 2.24) is 10.3 Å². The quantitative estimate of drug-likeness (QED) is 0.603. The van der Waals surface area contributed by atoms with Gasteiger partial charge in [0, 0.05) is 6.54 Å². The Morgan fingerprint density at radius 3 is 3.07 bits per heavy atom. The molecule has 1 amide bonds. The molecule has 0 aliphatic carbocycles. The van der Waals surface area contributed by atoms with E-state index in [1.54, 1.807) is 18.2 Å². The second kappa shape index (κ2) is 3.78. The number of carbonyl (C=O) groups excluding carboxylic acids is 1. The average Bonchev–Trinajstić information content (AvgIpc) is 2.53. The van der Waals surface area contributed by atoms with Crippen LogP contribution < -0.4 is 11.1 Å². The highest BCUT2D eigenvalue weighted by atomic mass is 35.5. The molecule has 1 aromatic carbocycles. The molecule has 6 heteroatoms. The zero-order valence-corrected chi connectivity index (χ0v) is 8.30. The summed E-state index contributed by atoms with van der Waals surface area (Å²) < 4.78 is 4.86. The van der Waals surface area contributed by atoms with Crippen molar-refractivity contribution in [2.24, 2.45) is 0 Å². The summed E-state index contributed by atoms with van der Waals surface area (Å²) in [4.78, 5) is 23.8. The van der Waals surface area contributed by atoms with Crippen molar-refractivity contribution in [3.05, 3.63) is 34.3 Å². The van der Waals surface area contributed by atoms with Gasteiger partial charge >= 0.3 is 11.1 Å². The maximum Gasteiger partial charge on any atom is 0.417 e. The van der Waals surface area contributed by atoms with E-state index in [9.17, 15) is 9.59 Å². The predicted molar refractivity (Wildman–Crippen MR) is 54.9 cm³/mol. The number of hydrogen-bond donors (Lipinski definition) is 2. The van der Waals surface area contributed by atoms with Crippen LogP contribution in [0.4, 0.5) is 4.79 Å². The van der Waals surface area contributed by atoms with Crippen molar-refractivity contribution in [3.8, 4) is 0 Å². The van der Waals surface area contributed by atoms with Gasteiger partial charge in [-0.3, -0.25) is 9.78 Å². The molecule has 2 aromatic rings. The highest BCUT2D eigenvalue weighted by Gasteiger charge is 2.02. The second-order valence-electron chi connectivity index (χ2n) is 2.97. The number of amides is 1. The number of H-pyrrole nitrogens is 1. The first-order chi connectivity index (χ1) is 7.15. The van der Waals surface area contributed by atoms with Crippen LogP contribution in [0, 0.1) is 0 Å². The molecular weight excluding hydrogens is 220 g/mol. The molecule has 0 atom stereocenters. The topological polar surface area (TPSA) is 75.1 Å². The lowest BCUT2D eigenvalue weighted by Crippen LogP contribution is -2.15. The third kappa shape index (κ3) is 2.19. The van der Waals surface area contributed by atoms with Gasteiger partial charge in [-0.2, -0.15) is 0 Å². The van der Waals surface area contributed by atoms with E-state index in [1.165, 1.54) is 0 Å². The Hall–Kier alpha value is -1.75. The third-order valence-corrected chi connectivity index (χ3v) is 2.05. The molecule has 1 heterocycles. The van der Waals surface area contributed by atoms with Gasteiger partial charge in [0.1, 0.15) is 0 Å². The predicted octanol–water partition coefficient (Wildman–Crippen LogP) is 1.57. The first-order valence-corrected chi connectivity index (χ1v) is 4.58. The van der Waals surface area contributed by atoms with Crippen LogP contribution in [0.2, 0.25) is 0 Å². The number of aromatic amines is 1. The standard InChI is InChI=1S/C9H7ClN2O3/c10-8(13)11-4-5-1-2-6-7(3-5)15-9(14)12-6/h1-3H,4H2,(H,11,13)(H,12,14). The van der Waals surface area contributed by atoms with Crippen molar-refractivity contribution in [3.63, 3.8) is 0 Å². The van der Waals surface area contributed by atoms with Crippen LogP contribution in [-0.4, -0.2) is 10.4 Å². The molecule has 0 aliphatic heterocycles. The number of hydrogen-bond acceptors (Lipinski definition) is 3. The molecule has 0 saturated heterocycles. The summed E-state index contributed by atoms with van der Waals surface area (Å²) >= 11 is 5.12. The molecule has 0 radical (unpaired) electrons. The van der Waals surface area contributed by atoms with Gasteiger partial charge in [0.25, 0.3) is 0 Å². The summed E-state index contributed by atoms with van der Waals surface area (Å²) in [6.07, 6.45) is 0. The Labute approximate surface area is 89.0 Å². The van der Waals surface area contributed by atoms with E-state index in [4.69, 9.17) is 16.0 Å². The van der Waals surface area contributed by atoms with Crippen molar-refractivity contribution in [1.29, 1.82) is 0 Å². The average molecular weight is 227 g/mol. The maximum atomic E-state index is 10.9. The molecule has 0 saturated carbocycles. The smallest absolute Gasteiger partial charge is 0.408 e. The van der Waals surface area contributed by atoms with Crippen LogP contribution in [0.25, 0.3) is 11.1 Å². The summed E-state index contributed by atoms with van der Waals surface area (Å²) in [6, 6.07) is 5.14. The van der Waals surface area contributed by atoms with Crippen LogP contribution in [-0.2, 0) is 6.54 Å². The van der Waals surface area contributed by atoms with Gasteiger partial charge < -0.3 is 9.73 Å². The zero-order chi connectivity index (χ0) is 10.8. The Morgan fingerprint density at radius 2 is 2.33 bits per heavy atom. The minimum Gasteiger partial charge on any atom is -0.408 e. The lowest BCUT2D eigenvalue weighted by atomic mass is 10.2. The van der Waals surface area contributed by atoms with Crippen molar-refractivity contribution in [2.45, 2.75) is 6.54 Å². The molecule has 2 rings (SSSR count). The molecule has 15 heavy (non-hydrogen) atoms. The van der Waals surface area contributed by atoms with Gasteiger partial charge in [-0.1, -0.05) is 6.07 Å². The van der Waals surface area contributed by atoms with E-state index >= 15 is 0 Å². The molecule has 78 valence electrons. The fourth-order valence-corrected chi connectivity index (χ4v) is 1.34. The third-order valence-electron chi connectivity index (χ3n) is 1.92. The number of oxazole rings is 1.